The third-order valence-electron chi connectivity index (χ3n) is 4.24. The summed E-state index contributed by atoms with van der Waals surface area (Å²) in [5.41, 5.74) is 5.62. The molecule has 1 aliphatic rings. The zero-order valence-corrected chi connectivity index (χ0v) is 13.9. The summed E-state index contributed by atoms with van der Waals surface area (Å²) in [4.78, 5) is 28.1. The highest BCUT2D eigenvalue weighted by Crippen LogP contribution is 2.13. The summed E-state index contributed by atoms with van der Waals surface area (Å²) in [6, 6.07) is 5.95. The van der Waals surface area contributed by atoms with Crippen LogP contribution in [0.4, 0.5) is 4.39 Å². The zero-order valence-electron chi connectivity index (χ0n) is 13.9. The van der Waals surface area contributed by atoms with E-state index in [1.807, 2.05) is 0 Å². The summed E-state index contributed by atoms with van der Waals surface area (Å²) in [6.45, 7) is 2.18. The first-order valence-electron chi connectivity index (χ1n) is 8.11. The Hall–Kier alpha value is -1.99. The van der Waals surface area contributed by atoms with Gasteiger partial charge in [-0.1, -0.05) is 12.1 Å². The van der Waals surface area contributed by atoms with Crippen molar-refractivity contribution in [1.29, 1.82) is 0 Å². The molecule has 0 aliphatic carbocycles. The van der Waals surface area contributed by atoms with E-state index in [4.69, 9.17) is 10.5 Å². The molecule has 2 N–H and O–H groups in total. The predicted octanol–water partition coefficient (Wildman–Crippen LogP) is 0.864. The van der Waals surface area contributed by atoms with Crippen molar-refractivity contribution in [2.75, 3.05) is 39.8 Å². The van der Waals surface area contributed by atoms with Crippen LogP contribution in [0.3, 0.4) is 0 Å². The highest BCUT2D eigenvalue weighted by atomic mass is 19.1. The van der Waals surface area contributed by atoms with Crippen LogP contribution in [0.15, 0.2) is 24.3 Å². The van der Waals surface area contributed by atoms with E-state index in [-0.39, 0.29) is 36.4 Å². The molecule has 0 saturated carbocycles. The maximum absolute atomic E-state index is 13.8. The minimum absolute atomic E-state index is 0.0347. The largest absolute Gasteiger partial charge is 0.380 e. The molecular weight excluding hydrogens is 313 g/mol. The number of halogens is 1. The number of carbonyl (C=O) groups is 2. The monoisotopic (exact) mass is 337 g/mol. The van der Waals surface area contributed by atoms with Crippen LogP contribution in [0, 0.1) is 5.82 Å². The van der Waals surface area contributed by atoms with E-state index in [0.717, 1.165) is 0 Å². The lowest BCUT2D eigenvalue weighted by molar-refractivity contribution is -0.133. The Bertz CT molecular complexity index is 578. The van der Waals surface area contributed by atoms with Crippen LogP contribution in [0.25, 0.3) is 0 Å². The number of methoxy groups -OCH3 is 1. The molecule has 0 bridgehead atoms. The van der Waals surface area contributed by atoms with Gasteiger partial charge in [0.25, 0.3) is 5.91 Å². The molecule has 1 atom stereocenters. The third-order valence-corrected chi connectivity index (χ3v) is 4.24. The summed E-state index contributed by atoms with van der Waals surface area (Å²) >= 11 is 0. The molecule has 2 rings (SSSR count). The topological polar surface area (TPSA) is 75.9 Å². The Morgan fingerprint density at radius 3 is 2.54 bits per heavy atom. The van der Waals surface area contributed by atoms with Gasteiger partial charge in [0.1, 0.15) is 5.82 Å². The number of amides is 2. The highest BCUT2D eigenvalue weighted by molar-refractivity contribution is 5.94. The maximum Gasteiger partial charge on any atom is 0.256 e. The van der Waals surface area contributed by atoms with E-state index in [9.17, 15) is 14.0 Å². The highest BCUT2D eigenvalue weighted by Gasteiger charge is 2.25. The molecule has 24 heavy (non-hydrogen) atoms. The second-order valence-electron chi connectivity index (χ2n) is 5.80. The van der Waals surface area contributed by atoms with Crippen molar-refractivity contribution >= 4 is 11.8 Å². The molecule has 1 aromatic rings. The van der Waals surface area contributed by atoms with Crippen molar-refractivity contribution in [3.05, 3.63) is 35.6 Å². The zero-order chi connectivity index (χ0) is 17.5. The molecule has 1 aromatic carbocycles. The van der Waals surface area contributed by atoms with Crippen molar-refractivity contribution < 1.29 is 18.7 Å². The Balaban J connectivity index is 1.96. The van der Waals surface area contributed by atoms with Crippen LogP contribution >= 0.6 is 0 Å². The van der Waals surface area contributed by atoms with E-state index >= 15 is 0 Å². The fourth-order valence-corrected chi connectivity index (χ4v) is 2.76. The van der Waals surface area contributed by atoms with E-state index < -0.39 is 5.82 Å². The molecule has 0 spiro atoms. The van der Waals surface area contributed by atoms with Gasteiger partial charge in [-0.25, -0.2) is 4.39 Å². The molecule has 1 saturated heterocycles. The second kappa shape index (κ2) is 8.75. The van der Waals surface area contributed by atoms with Crippen LogP contribution in [0.5, 0.6) is 0 Å². The van der Waals surface area contributed by atoms with Gasteiger partial charge in [-0.2, -0.15) is 0 Å². The fourth-order valence-electron chi connectivity index (χ4n) is 2.76. The number of hydrogen-bond donors (Lipinski definition) is 1. The molecule has 7 heteroatoms. The molecule has 1 unspecified atom stereocenters. The average molecular weight is 337 g/mol. The maximum atomic E-state index is 13.8. The quantitative estimate of drug-likeness (QED) is 0.865. The standard InChI is InChI=1S/C17H24FN3O3/c1-24-13(12-19)11-16(22)20-7-4-8-21(10-9-20)17(23)14-5-2-3-6-15(14)18/h2-3,5-6,13H,4,7-12,19H2,1H3. The van der Waals surface area contributed by atoms with Crippen LogP contribution < -0.4 is 5.73 Å². The number of hydrogen-bond acceptors (Lipinski definition) is 4. The van der Waals surface area contributed by atoms with Crippen molar-refractivity contribution in [1.82, 2.24) is 9.80 Å². The first-order valence-corrected chi connectivity index (χ1v) is 8.11. The number of nitrogens with zero attached hydrogens (tertiary/aromatic N) is 2. The number of ether oxygens (including phenoxy) is 1. The minimum atomic E-state index is -0.523. The Kier molecular flexibility index (Phi) is 6.69. The third kappa shape index (κ3) is 4.52. The minimum Gasteiger partial charge on any atom is -0.380 e. The molecule has 1 fully saturated rings. The van der Waals surface area contributed by atoms with Crippen LogP contribution in [-0.2, 0) is 9.53 Å². The summed E-state index contributed by atoms with van der Waals surface area (Å²) < 4.78 is 18.9. The van der Waals surface area contributed by atoms with Crippen molar-refractivity contribution in [3.63, 3.8) is 0 Å². The lowest BCUT2D eigenvalue weighted by Crippen LogP contribution is -2.39. The number of rotatable bonds is 5. The Morgan fingerprint density at radius 1 is 1.21 bits per heavy atom. The summed E-state index contributed by atoms with van der Waals surface area (Å²) in [6.07, 6.45) is 0.595. The second-order valence-corrected chi connectivity index (χ2v) is 5.80. The van der Waals surface area contributed by atoms with E-state index in [0.29, 0.717) is 32.6 Å². The van der Waals surface area contributed by atoms with E-state index in [1.54, 1.807) is 21.9 Å². The molecule has 1 aliphatic heterocycles. The van der Waals surface area contributed by atoms with E-state index in [2.05, 4.69) is 0 Å². The van der Waals surface area contributed by atoms with Crippen LogP contribution in [0.1, 0.15) is 23.2 Å². The van der Waals surface area contributed by atoms with Gasteiger partial charge in [0.05, 0.1) is 18.1 Å². The fraction of sp³-hybridized carbons (Fsp3) is 0.529. The lowest BCUT2D eigenvalue weighted by atomic mass is 10.2. The molecule has 2 amide bonds. The summed E-state index contributed by atoms with van der Waals surface area (Å²) in [5.74, 6) is -0.892. The number of nitrogens with two attached hydrogens (primary N) is 1. The van der Waals surface area contributed by atoms with Gasteiger partial charge in [-0.15, -0.1) is 0 Å². The predicted molar refractivity (Wildman–Crippen MR) is 88.0 cm³/mol. The van der Waals surface area contributed by atoms with E-state index in [1.165, 1.54) is 19.2 Å². The normalized spacial score (nSPS) is 16.6. The molecule has 1 heterocycles. The smallest absolute Gasteiger partial charge is 0.256 e. The Morgan fingerprint density at radius 2 is 1.88 bits per heavy atom. The van der Waals surface area contributed by atoms with Gasteiger partial charge >= 0.3 is 0 Å². The van der Waals surface area contributed by atoms with Crippen molar-refractivity contribution in [3.8, 4) is 0 Å². The SMILES string of the molecule is COC(CN)CC(=O)N1CCCN(C(=O)c2ccccc2F)CC1. The van der Waals surface area contributed by atoms with Crippen LogP contribution in [0.2, 0.25) is 0 Å². The summed E-state index contributed by atoms with van der Waals surface area (Å²) in [7, 11) is 1.53. The first-order chi connectivity index (χ1) is 11.6. The van der Waals surface area contributed by atoms with Gasteiger partial charge < -0.3 is 20.3 Å². The molecular formula is C17H24FN3O3. The van der Waals surface area contributed by atoms with Crippen molar-refractivity contribution in [2.24, 2.45) is 5.73 Å². The lowest BCUT2D eigenvalue weighted by Gasteiger charge is -2.23. The number of benzene rings is 1. The first kappa shape index (κ1) is 18.4. The molecule has 0 radical (unpaired) electrons. The molecule has 0 aromatic heterocycles. The van der Waals surface area contributed by atoms with Gasteiger partial charge in [0.15, 0.2) is 0 Å². The summed E-state index contributed by atoms with van der Waals surface area (Å²) in [5, 5.41) is 0. The van der Waals surface area contributed by atoms with Crippen LogP contribution in [-0.4, -0.2) is 67.6 Å². The average Bonchev–Trinajstić information content (AvgIpc) is 2.85. The molecule has 6 nitrogen and oxygen atoms in total. The Labute approximate surface area is 141 Å². The van der Waals surface area contributed by atoms with Gasteiger partial charge in [-0.3, -0.25) is 9.59 Å². The number of carbonyl (C=O) groups excluding carboxylic acids is 2. The van der Waals surface area contributed by atoms with Gasteiger partial charge in [0.2, 0.25) is 5.91 Å². The van der Waals surface area contributed by atoms with Gasteiger partial charge in [0, 0.05) is 39.8 Å². The van der Waals surface area contributed by atoms with Crippen molar-refractivity contribution in [2.45, 2.75) is 18.9 Å². The van der Waals surface area contributed by atoms with Gasteiger partial charge in [-0.05, 0) is 18.6 Å². The molecule has 132 valence electrons.